The van der Waals surface area contributed by atoms with Crippen LogP contribution in [0.3, 0.4) is 0 Å². The normalized spacial score (nSPS) is 28.8. The van der Waals surface area contributed by atoms with Crippen LogP contribution in [-0.4, -0.2) is 39.8 Å². The van der Waals surface area contributed by atoms with Crippen LogP contribution in [0.5, 0.6) is 0 Å². The summed E-state index contributed by atoms with van der Waals surface area (Å²) in [6.45, 7) is 2.44. The Labute approximate surface area is 123 Å². The summed E-state index contributed by atoms with van der Waals surface area (Å²) in [5.74, 6) is -1.14. The number of hydrogen-bond acceptors (Lipinski definition) is 7. The largest absolute Gasteiger partial charge is 0.456 e. The van der Waals surface area contributed by atoms with Gasteiger partial charge in [-0.05, 0) is 0 Å². The first-order valence-corrected chi connectivity index (χ1v) is 6.71. The predicted molar refractivity (Wildman–Crippen MR) is 70.0 cm³/mol. The molecule has 0 spiro atoms. The molecule has 1 fully saturated rings. The number of nitrogens with one attached hydrogen (secondary N) is 1. The summed E-state index contributed by atoms with van der Waals surface area (Å²) in [7, 11) is 0. The van der Waals surface area contributed by atoms with Gasteiger partial charge in [0.2, 0.25) is 0 Å². The monoisotopic (exact) mass is 310 g/mol. The van der Waals surface area contributed by atoms with E-state index in [0.29, 0.717) is 5.69 Å². The Bertz CT molecular complexity index is 749. The molecule has 2 aliphatic rings. The van der Waals surface area contributed by atoms with Crippen LogP contribution < -0.4 is 11.2 Å². The molecular formula is C13H14N2O7. The second-order valence-corrected chi connectivity index (χ2v) is 5.22. The smallest absolute Gasteiger partial charge is 0.330 e. The molecule has 0 amide bonds. The minimum Gasteiger partial charge on any atom is -0.456 e. The fraction of sp³-hybridized carbons (Fsp3) is 0.538. The quantitative estimate of drug-likeness (QED) is 0.686. The van der Waals surface area contributed by atoms with Crippen molar-refractivity contribution in [1.82, 2.24) is 9.55 Å². The number of carbonyl (C=O) groups is 2. The van der Waals surface area contributed by atoms with Crippen LogP contribution in [0.15, 0.2) is 15.7 Å². The Morgan fingerprint density at radius 3 is 2.50 bits per heavy atom. The molecule has 0 radical (unpaired) electrons. The van der Waals surface area contributed by atoms with Gasteiger partial charge in [0, 0.05) is 32.0 Å². The Morgan fingerprint density at radius 1 is 1.23 bits per heavy atom. The van der Waals surface area contributed by atoms with Crippen molar-refractivity contribution in [2.75, 3.05) is 0 Å². The highest BCUT2D eigenvalue weighted by Gasteiger charge is 2.53. The third kappa shape index (κ3) is 2.33. The molecule has 9 heteroatoms. The van der Waals surface area contributed by atoms with Gasteiger partial charge in [-0.1, -0.05) is 0 Å². The number of hydrogen-bond donors (Lipinski definition) is 1. The van der Waals surface area contributed by atoms with E-state index in [2.05, 4.69) is 4.98 Å². The summed E-state index contributed by atoms with van der Waals surface area (Å²) in [6.07, 6.45) is -3.10. The molecule has 3 heterocycles. The Hall–Kier alpha value is -2.42. The van der Waals surface area contributed by atoms with Gasteiger partial charge in [-0.25, -0.2) is 4.79 Å². The third-order valence-electron chi connectivity index (χ3n) is 3.61. The van der Waals surface area contributed by atoms with Gasteiger partial charge >= 0.3 is 17.6 Å². The van der Waals surface area contributed by atoms with Gasteiger partial charge in [-0.2, -0.15) is 0 Å². The predicted octanol–water partition coefficient (Wildman–Crippen LogP) is -1.15. The van der Waals surface area contributed by atoms with E-state index in [9.17, 15) is 19.2 Å². The summed E-state index contributed by atoms with van der Waals surface area (Å²) in [5, 5.41) is 0. The molecule has 0 aromatic carbocycles. The molecule has 3 rings (SSSR count). The van der Waals surface area contributed by atoms with Crippen LogP contribution >= 0.6 is 0 Å². The molecule has 1 aromatic rings. The summed E-state index contributed by atoms with van der Waals surface area (Å²) in [5.41, 5.74) is -0.737. The number of H-pyrrole nitrogens is 1. The summed E-state index contributed by atoms with van der Waals surface area (Å²) >= 11 is 0. The van der Waals surface area contributed by atoms with Gasteiger partial charge in [0.1, 0.15) is 6.10 Å². The lowest BCUT2D eigenvalue weighted by molar-refractivity contribution is -0.165. The van der Waals surface area contributed by atoms with Crippen molar-refractivity contribution < 1.29 is 23.8 Å². The SMILES string of the molecule is CC(=O)OC1C(OC(C)=O)[C@H]2Cc3cc(=O)[nH]c(=O)n3[C@@H]1O2. The zero-order valence-electron chi connectivity index (χ0n) is 11.9. The van der Waals surface area contributed by atoms with Gasteiger partial charge in [0.15, 0.2) is 18.4 Å². The van der Waals surface area contributed by atoms with E-state index >= 15 is 0 Å². The maximum atomic E-state index is 12.0. The van der Waals surface area contributed by atoms with E-state index in [4.69, 9.17) is 14.2 Å². The number of esters is 2. The van der Waals surface area contributed by atoms with Crippen molar-refractivity contribution >= 4 is 11.9 Å². The van der Waals surface area contributed by atoms with Gasteiger partial charge in [-0.3, -0.25) is 23.9 Å². The molecule has 2 unspecified atom stereocenters. The third-order valence-corrected chi connectivity index (χ3v) is 3.61. The highest BCUT2D eigenvalue weighted by atomic mass is 16.6. The van der Waals surface area contributed by atoms with Crippen molar-refractivity contribution in [1.29, 1.82) is 0 Å². The second-order valence-electron chi connectivity index (χ2n) is 5.22. The van der Waals surface area contributed by atoms with Crippen molar-refractivity contribution in [3.8, 4) is 0 Å². The lowest BCUT2D eigenvalue weighted by Crippen LogP contribution is -2.41. The highest BCUT2D eigenvalue weighted by molar-refractivity contribution is 5.67. The van der Waals surface area contributed by atoms with E-state index < -0.39 is 47.7 Å². The Kier molecular flexibility index (Phi) is 3.36. The van der Waals surface area contributed by atoms with E-state index in [0.717, 1.165) is 0 Å². The van der Waals surface area contributed by atoms with Crippen LogP contribution in [0.1, 0.15) is 25.8 Å². The topological polar surface area (TPSA) is 117 Å². The van der Waals surface area contributed by atoms with Crippen LogP contribution in [0, 0.1) is 0 Å². The maximum Gasteiger partial charge on any atom is 0.330 e. The summed E-state index contributed by atoms with van der Waals surface area (Å²) in [6, 6.07) is 1.28. The van der Waals surface area contributed by atoms with Crippen LogP contribution in [-0.2, 0) is 30.2 Å². The van der Waals surface area contributed by atoms with E-state index in [1.165, 1.54) is 24.5 Å². The number of nitrogens with zero attached hydrogens (tertiary/aromatic N) is 1. The number of aromatic nitrogens is 2. The summed E-state index contributed by atoms with van der Waals surface area (Å²) in [4.78, 5) is 48.2. The zero-order valence-corrected chi connectivity index (χ0v) is 11.9. The molecule has 2 bridgehead atoms. The molecule has 4 atom stereocenters. The first-order chi connectivity index (χ1) is 10.4. The van der Waals surface area contributed by atoms with Crippen LogP contribution in [0.4, 0.5) is 0 Å². The lowest BCUT2D eigenvalue weighted by Gasteiger charge is -2.25. The fourth-order valence-corrected chi connectivity index (χ4v) is 2.93. The molecule has 118 valence electrons. The minimum absolute atomic E-state index is 0.200. The molecule has 22 heavy (non-hydrogen) atoms. The van der Waals surface area contributed by atoms with Crippen molar-refractivity contribution in [3.63, 3.8) is 0 Å². The number of ether oxygens (including phenoxy) is 3. The molecule has 2 aliphatic heterocycles. The number of fused-ring (bicyclic) bond motifs is 4. The molecule has 1 aromatic heterocycles. The van der Waals surface area contributed by atoms with Crippen molar-refractivity contribution in [2.24, 2.45) is 0 Å². The number of carbonyl (C=O) groups excluding carboxylic acids is 2. The van der Waals surface area contributed by atoms with Gasteiger partial charge in [0.25, 0.3) is 5.56 Å². The highest BCUT2D eigenvalue weighted by Crippen LogP contribution is 2.38. The fourth-order valence-electron chi connectivity index (χ4n) is 2.93. The zero-order chi connectivity index (χ0) is 16.0. The number of rotatable bonds is 2. The Morgan fingerprint density at radius 2 is 1.86 bits per heavy atom. The molecule has 9 nitrogen and oxygen atoms in total. The first kappa shape index (κ1) is 14.5. The first-order valence-electron chi connectivity index (χ1n) is 6.71. The van der Waals surface area contributed by atoms with E-state index in [1.807, 2.05) is 0 Å². The van der Waals surface area contributed by atoms with Crippen molar-refractivity contribution in [3.05, 3.63) is 32.6 Å². The van der Waals surface area contributed by atoms with Gasteiger partial charge in [-0.15, -0.1) is 0 Å². The van der Waals surface area contributed by atoms with Crippen molar-refractivity contribution in [2.45, 2.75) is 44.8 Å². The standard InChI is InChI=1S/C13H14N2O7/c1-5(16)20-10-8-3-7-4-9(18)14-13(19)15(7)12(22-8)11(10)21-6(2)17/h4,8,10-12H,3H2,1-2H3,(H,14,18,19)/t8-,10?,11?,12-/m1/s1. The Balaban J connectivity index is 2.07. The molecule has 0 aliphatic carbocycles. The second kappa shape index (κ2) is 5.09. The van der Waals surface area contributed by atoms with E-state index in [1.54, 1.807) is 0 Å². The van der Waals surface area contributed by atoms with Gasteiger partial charge in [0.05, 0.1) is 0 Å². The molecule has 1 saturated heterocycles. The summed E-state index contributed by atoms with van der Waals surface area (Å²) < 4.78 is 17.3. The average Bonchev–Trinajstić information content (AvgIpc) is 2.62. The van der Waals surface area contributed by atoms with Gasteiger partial charge < -0.3 is 14.2 Å². The van der Waals surface area contributed by atoms with E-state index in [-0.39, 0.29) is 6.42 Å². The number of aromatic amines is 1. The maximum absolute atomic E-state index is 12.0. The van der Waals surface area contributed by atoms with Crippen LogP contribution in [0.2, 0.25) is 0 Å². The molecular weight excluding hydrogens is 296 g/mol. The molecule has 1 N–H and O–H groups in total. The van der Waals surface area contributed by atoms with Crippen LogP contribution in [0.25, 0.3) is 0 Å². The average molecular weight is 310 g/mol. The lowest BCUT2D eigenvalue weighted by atomic mass is 10.1. The minimum atomic E-state index is -0.948. The molecule has 0 saturated carbocycles.